The summed E-state index contributed by atoms with van der Waals surface area (Å²) in [7, 11) is 0. The van der Waals surface area contributed by atoms with Gasteiger partial charge in [-0.15, -0.1) is 0 Å². The Morgan fingerprint density at radius 1 is 0.591 bits per heavy atom. The van der Waals surface area contributed by atoms with Crippen LogP contribution in [0.4, 0.5) is 0 Å². The summed E-state index contributed by atoms with van der Waals surface area (Å²) in [6.45, 7) is 0. The van der Waals surface area contributed by atoms with Gasteiger partial charge in [0.2, 0.25) is 0 Å². The first kappa shape index (κ1) is 12.7. The molecule has 0 heterocycles. The lowest BCUT2D eigenvalue weighted by atomic mass is 10.0. The molecule has 0 aliphatic heterocycles. The van der Waals surface area contributed by atoms with E-state index in [0.717, 1.165) is 33.0 Å². The average Bonchev–Trinajstić information content (AvgIpc) is 2.56. The van der Waals surface area contributed by atoms with Crippen LogP contribution in [0.1, 0.15) is 0 Å². The molecule has 22 heavy (non-hydrogen) atoms. The number of phenols is 1. The molecular formula is C20H14O2. The van der Waals surface area contributed by atoms with Crippen LogP contribution in [0.2, 0.25) is 0 Å². The first-order valence-corrected chi connectivity index (χ1v) is 7.19. The Balaban J connectivity index is 1.85. The third kappa shape index (κ3) is 2.15. The van der Waals surface area contributed by atoms with E-state index in [9.17, 15) is 5.11 Å². The smallest absolute Gasteiger partial charge is 0.131 e. The summed E-state index contributed by atoms with van der Waals surface area (Å²) in [5.74, 6) is 1.87. The molecule has 0 fully saturated rings. The second-order valence-corrected chi connectivity index (χ2v) is 5.24. The summed E-state index contributed by atoms with van der Waals surface area (Å²) < 4.78 is 5.86. The highest BCUT2D eigenvalue weighted by Crippen LogP contribution is 2.36. The van der Waals surface area contributed by atoms with Gasteiger partial charge in [-0.05, 0) is 47.2 Å². The third-order valence-corrected chi connectivity index (χ3v) is 3.78. The van der Waals surface area contributed by atoms with Gasteiger partial charge in [0, 0.05) is 10.8 Å². The van der Waals surface area contributed by atoms with Crippen LogP contribution in [0.25, 0.3) is 21.5 Å². The SMILES string of the molecule is Oc1c2ccccc2cc2cc(Oc3ccccc3)ccc12. The van der Waals surface area contributed by atoms with Crippen LogP contribution in [0.5, 0.6) is 17.2 Å². The molecule has 0 bridgehead atoms. The maximum atomic E-state index is 10.4. The molecule has 2 nitrogen and oxygen atoms in total. The van der Waals surface area contributed by atoms with Crippen molar-refractivity contribution >= 4 is 21.5 Å². The molecule has 0 amide bonds. The van der Waals surface area contributed by atoms with E-state index in [1.54, 1.807) is 0 Å². The molecule has 4 aromatic rings. The zero-order valence-corrected chi connectivity index (χ0v) is 11.9. The zero-order valence-electron chi connectivity index (χ0n) is 11.9. The van der Waals surface area contributed by atoms with Gasteiger partial charge in [0.15, 0.2) is 0 Å². The van der Waals surface area contributed by atoms with Gasteiger partial charge in [-0.3, -0.25) is 0 Å². The monoisotopic (exact) mass is 286 g/mol. The van der Waals surface area contributed by atoms with E-state index in [1.165, 1.54) is 0 Å². The summed E-state index contributed by atoms with van der Waals surface area (Å²) in [5, 5.41) is 14.1. The van der Waals surface area contributed by atoms with Crippen molar-refractivity contribution in [3.8, 4) is 17.2 Å². The third-order valence-electron chi connectivity index (χ3n) is 3.78. The van der Waals surface area contributed by atoms with Crippen molar-refractivity contribution in [1.29, 1.82) is 0 Å². The van der Waals surface area contributed by atoms with Gasteiger partial charge in [-0.25, -0.2) is 0 Å². The van der Waals surface area contributed by atoms with Crippen molar-refractivity contribution in [3.05, 3.63) is 78.9 Å². The van der Waals surface area contributed by atoms with Crippen LogP contribution < -0.4 is 4.74 Å². The molecule has 2 heteroatoms. The number of aromatic hydroxyl groups is 1. The van der Waals surface area contributed by atoms with Crippen LogP contribution in [-0.2, 0) is 0 Å². The van der Waals surface area contributed by atoms with E-state index in [0.29, 0.717) is 5.75 Å². The quantitative estimate of drug-likeness (QED) is 0.494. The first-order chi connectivity index (χ1) is 10.8. The van der Waals surface area contributed by atoms with Gasteiger partial charge in [0.05, 0.1) is 0 Å². The number of benzene rings is 4. The molecule has 106 valence electrons. The molecule has 0 saturated heterocycles. The Bertz CT molecular complexity index is 959. The largest absolute Gasteiger partial charge is 0.507 e. The number of hydrogen-bond acceptors (Lipinski definition) is 2. The van der Waals surface area contributed by atoms with Crippen molar-refractivity contribution in [1.82, 2.24) is 0 Å². The molecule has 0 aliphatic rings. The van der Waals surface area contributed by atoms with Crippen molar-refractivity contribution in [3.63, 3.8) is 0 Å². The molecule has 4 aromatic carbocycles. The minimum Gasteiger partial charge on any atom is -0.507 e. The maximum absolute atomic E-state index is 10.4. The first-order valence-electron chi connectivity index (χ1n) is 7.19. The number of rotatable bonds is 2. The number of phenolic OH excluding ortho intramolecular Hbond substituents is 1. The molecule has 0 radical (unpaired) electrons. The number of hydrogen-bond donors (Lipinski definition) is 1. The second kappa shape index (κ2) is 5.08. The summed E-state index contributed by atoms with van der Waals surface area (Å²) in [4.78, 5) is 0. The molecule has 0 spiro atoms. The van der Waals surface area contributed by atoms with Crippen molar-refractivity contribution < 1.29 is 9.84 Å². The molecule has 0 atom stereocenters. The van der Waals surface area contributed by atoms with E-state index in [-0.39, 0.29) is 0 Å². The van der Waals surface area contributed by atoms with Gasteiger partial charge in [0.25, 0.3) is 0 Å². The highest BCUT2D eigenvalue weighted by atomic mass is 16.5. The fourth-order valence-electron chi connectivity index (χ4n) is 2.72. The standard InChI is InChI=1S/C20H14O2/c21-20-18-9-5-4-6-14(18)12-15-13-17(10-11-19(15)20)22-16-7-2-1-3-8-16/h1-13,21H. The second-order valence-electron chi connectivity index (χ2n) is 5.24. The lowest BCUT2D eigenvalue weighted by Crippen LogP contribution is -1.85. The van der Waals surface area contributed by atoms with Crippen molar-refractivity contribution in [2.45, 2.75) is 0 Å². The topological polar surface area (TPSA) is 29.5 Å². The van der Waals surface area contributed by atoms with Crippen LogP contribution in [0.15, 0.2) is 78.9 Å². The molecule has 1 N–H and O–H groups in total. The highest BCUT2D eigenvalue weighted by molar-refractivity contribution is 6.05. The molecule has 0 aromatic heterocycles. The minimum atomic E-state index is 0.319. The Morgan fingerprint density at radius 3 is 2.18 bits per heavy atom. The van der Waals surface area contributed by atoms with Gasteiger partial charge in [-0.2, -0.15) is 0 Å². The molecule has 0 saturated carbocycles. The van der Waals surface area contributed by atoms with Gasteiger partial charge in [-0.1, -0.05) is 42.5 Å². The molecule has 0 aliphatic carbocycles. The highest BCUT2D eigenvalue weighted by Gasteiger charge is 2.07. The van der Waals surface area contributed by atoms with Gasteiger partial charge >= 0.3 is 0 Å². The predicted octanol–water partition coefficient (Wildman–Crippen LogP) is 5.49. The number of para-hydroxylation sites is 1. The lowest BCUT2D eigenvalue weighted by molar-refractivity contribution is 0.482. The molecule has 0 unspecified atom stereocenters. The fraction of sp³-hybridized carbons (Fsp3) is 0. The average molecular weight is 286 g/mol. The summed E-state index contributed by atoms with van der Waals surface area (Å²) >= 11 is 0. The van der Waals surface area contributed by atoms with Gasteiger partial charge < -0.3 is 9.84 Å². The van der Waals surface area contributed by atoms with Crippen LogP contribution in [0.3, 0.4) is 0 Å². The Kier molecular flexibility index (Phi) is 2.94. The van der Waals surface area contributed by atoms with E-state index >= 15 is 0 Å². The molecule has 4 rings (SSSR count). The van der Waals surface area contributed by atoms with Crippen LogP contribution >= 0.6 is 0 Å². The molecular weight excluding hydrogens is 272 g/mol. The lowest BCUT2D eigenvalue weighted by Gasteiger charge is -2.09. The summed E-state index contributed by atoms with van der Waals surface area (Å²) in [5.41, 5.74) is 0. The predicted molar refractivity (Wildman–Crippen MR) is 89.6 cm³/mol. The van der Waals surface area contributed by atoms with Crippen LogP contribution in [0, 0.1) is 0 Å². The van der Waals surface area contributed by atoms with E-state index in [1.807, 2.05) is 72.8 Å². The summed E-state index contributed by atoms with van der Waals surface area (Å²) in [6, 6.07) is 25.3. The fourth-order valence-corrected chi connectivity index (χ4v) is 2.72. The van der Waals surface area contributed by atoms with E-state index in [4.69, 9.17) is 4.74 Å². The Hall–Kier alpha value is -3.00. The Morgan fingerprint density at radius 2 is 1.32 bits per heavy atom. The van der Waals surface area contributed by atoms with E-state index in [2.05, 4.69) is 6.07 Å². The van der Waals surface area contributed by atoms with Crippen LogP contribution in [-0.4, -0.2) is 5.11 Å². The zero-order chi connectivity index (χ0) is 14.9. The van der Waals surface area contributed by atoms with Crippen molar-refractivity contribution in [2.75, 3.05) is 0 Å². The summed E-state index contributed by atoms with van der Waals surface area (Å²) in [6.07, 6.45) is 0. The van der Waals surface area contributed by atoms with Gasteiger partial charge in [0.1, 0.15) is 17.2 Å². The number of ether oxygens (including phenoxy) is 1. The maximum Gasteiger partial charge on any atom is 0.131 e. The van der Waals surface area contributed by atoms with Crippen molar-refractivity contribution in [2.24, 2.45) is 0 Å². The normalized spacial score (nSPS) is 10.9. The minimum absolute atomic E-state index is 0.319. The number of fused-ring (bicyclic) bond motifs is 2. The van der Waals surface area contributed by atoms with E-state index < -0.39 is 0 Å². The Labute approximate surface area is 128 Å².